The highest BCUT2D eigenvalue weighted by atomic mass is 19.4. The van der Waals surface area contributed by atoms with E-state index in [0.717, 1.165) is 16.5 Å². The number of H-pyrrole nitrogens is 1. The van der Waals surface area contributed by atoms with Crippen molar-refractivity contribution in [3.63, 3.8) is 0 Å². The van der Waals surface area contributed by atoms with Gasteiger partial charge in [-0.15, -0.1) is 0 Å². The molecule has 2 aliphatic rings. The van der Waals surface area contributed by atoms with E-state index in [0.29, 0.717) is 44.0 Å². The summed E-state index contributed by atoms with van der Waals surface area (Å²) in [4.78, 5) is 28.0. The number of alkyl halides is 6. The summed E-state index contributed by atoms with van der Waals surface area (Å²) < 4.78 is 98.6. The number of methoxy groups -OCH3 is 2. The maximum Gasteiger partial charge on any atom is 0.416 e. The van der Waals surface area contributed by atoms with E-state index in [-0.39, 0.29) is 38.5 Å². The predicted octanol–water partition coefficient (Wildman–Crippen LogP) is 5.62. The summed E-state index contributed by atoms with van der Waals surface area (Å²) in [6.45, 7) is 5.75. The number of fused-ring (bicyclic) bond motifs is 1. The van der Waals surface area contributed by atoms with E-state index < -0.39 is 46.7 Å². The van der Waals surface area contributed by atoms with Gasteiger partial charge in [0.15, 0.2) is 0 Å². The van der Waals surface area contributed by atoms with Crippen molar-refractivity contribution in [1.82, 2.24) is 25.2 Å². The molecule has 0 unspecified atom stereocenters. The van der Waals surface area contributed by atoms with Crippen LogP contribution in [0.3, 0.4) is 0 Å². The minimum absolute atomic E-state index is 0.0217. The van der Waals surface area contributed by atoms with Gasteiger partial charge < -0.3 is 29.0 Å². The topological polar surface area (TPSA) is 91.5 Å². The number of ether oxygens (including phenoxy) is 3. The number of carbonyl (C=O) groups excluding carboxylic acids is 1. The Morgan fingerprint density at radius 2 is 1.78 bits per heavy atom. The van der Waals surface area contributed by atoms with Crippen molar-refractivity contribution in [3.8, 4) is 0 Å². The number of hydrogen-bond acceptors (Lipinski definition) is 8. The lowest BCUT2D eigenvalue weighted by Gasteiger charge is -2.47. The zero-order valence-electron chi connectivity index (χ0n) is 28.2. The van der Waals surface area contributed by atoms with Gasteiger partial charge in [0.1, 0.15) is 12.0 Å². The summed E-state index contributed by atoms with van der Waals surface area (Å²) >= 11 is 0. The number of nitrogens with zero attached hydrogens (tertiary/aromatic N) is 3. The van der Waals surface area contributed by atoms with Crippen molar-refractivity contribution in [2.24, 2.45) is 0 Å². The number of rotatable bonds is 11. The van der Waals surface area contributed by atoms with Gasteiger partial charge in [-0.1, -0.05) is 18.2 Å². The summed E-state index contributed by atoms with van der Waals surface area (Å²) in [6.07, 6.45) is -6.57. The quantitative estimate of drug-likeness (QED) is 0.150. The summed E-state index contributed by atoms with van der Waals surface area (Å²) in [5.41, 5.74) is 0.820. The van der Waals surface area contributed by atoms with E-state index in [2.05, 4.69) is 10.5 Å². The number of allylic oxidation sites excluding steroid dienone is 1. The first kappa shape index (κ1) is 37.4. The number of para-hydroxylation sites is 1. The standard InChI is InChI=1S/C34H41F6N5O5/c1-22(42-50-12-11-45-30(47-3)20-49-21-32(45,2)48-4)18-43-9-10-44(27(19-43)15-24-17-41-29-8-6-5-7-28(24)29)31(46)23-13-25(33(35,36)37)16-26(14-23)34(38,39)40/h5-8,13-14,16-18,27,30,41-42H,9-12,15,19-21H2,1-4H3/t27-,30+,32-/m1/s1. The molecule has 0 bridgehead atoms. The summed E-state index contributed by atoms with van der Waals surface area (Å²) in [6, 6.07) is 7.91. The van der Waals surface area contributed by atoms with Crippen LogP contribution in [0.1, 0.15) is 40.9 Å². The number of nitrogens with one attached hydrogen (secondary N) is 2. The molecule has 2 fully saturated rings. The minimum atomic E-state index is -5.08. The molecule has 2 saturated heterocycles. The monoisotopic (exact) mass is 713 g/mol. The first-order chi connectivity index (χ1) is 23.6. The maximum atomic E-state index is 13.8. The number of aromatic amines is 1. The predicted molar refractivity (Wildman–Crippen MR) is 171 cm³/mol. The van der Waals surface area contributed by atoms with Gasteiger partial charge in [-0.25, -0.2) is 4.90 Å². The highest BCUT2D eigenvalue weighted by Gasteiger charge is 2.42. The minimum Gasteiger partial charge on any atom is -0.373 e. The number of halogens is 6. The molecule has 50 heavy (non-hydrogen) atoms. The Morgan fingerprint density at radius 3 is 2.44 bits per heavy atom. The van der Waals surface area contributed by atoms with Crippen LogP contribution < -0.4 is 5.48 Å². The molecule has 2 aliphatic heterocycles. The van der Waals surface area contributed by atoms with E-state index in [1.807, 2.05) is 47.2 Å². The molecule has 2 aromatic carbocycles. The molecule has 2 N–H and O–H groups in total. The van der Waals surface area contributed by atoms with E-state index >= 15 is 0 Å². The molecular formula is C34H41F6N5O5. The molecule has 3 atom stereocenters. The molecule has 10 nitrogen and oxygen atoms in total. The SMILES string of the molecule is CO[C@H]1COC[C@@](C)(OC)N1CCONC(C)=CN1CCN(C(=O)c2cc(C(F)(F)F)cc(C(F)(F)F)c2)[C@H](Cc2c[nH]c3ccccc23)C1. The highest BCUT2D eigenvalue weighted by Crippen LogP contribution is 2.37. The van der Waals surface area contributed by atoms with Crippen molar-refractivity contribution in [3.05, 3.63) is 82.8 Å². The fourth-order valence-electron chi connectivity index (χ4n) is 6.42. The molecule has 1 aromatic heterocycles. The number of carbonyl (C=O) groups is 1. The third-order valence-corrected chi connectivity index (χ3v) is 9.08. The Balaban J connectivity index is 1.32. The Kier molecular flexibility index (Phi) is 11.4. The van der Waals surface area contributed by atoms with Gasteiger partial charge in [0.2, 0.25) is 0 Å². The Hall–Kier alpha value is -3.83. The van der Waals surface area contributed by atoms with Gasteiger partial charge in [-0.2, -0.15) is 26.3 Å². The van der Waals surface area contributed by atoms with Gasteiger partial charge in [0.25, 0.3) is 5.91 Å². The maximum absolute atomic E-state index is 13.8. The summed E-state index contributed by atoms with van der Waals surface area (Å²) in [7, 11) is 3.19. The van der Waals surface area contributed by atoms with Crippen LogP contribution in [-0.4, -0.2) is 104 Å². The van der Waals surface area contributed by atoms with E-state index in [1.54, 1.807) is 27.3 Å². The average molecular weight is 714 g/mol. The molecule has 0 radical (unpaired) electrons. The molecule has 274 valence electrons. The van der Waals surface area contributed by atoms with Gasteiger partial charge in [0.05, 0.1) is 42.7 Å². The number of benzene rings is 2. The Morgan fingerprint density at radius 1 is 1.08 bits per heavy atom. The molecule has 0 saturated carbocycles. The second kappa shape index (κ2) is 15.2. The Bertz CT molecular complexity index is 1630. The smallest absolute Gasteiger partial charge is 0.373 e. The largest absolute Gasteiger partial charge is 0.416 e. The molecule has 0 aliphatic carbocycles. The number of morpholine rings is 1. The molecule has 16 heteroatoms. The molecule has 3 aromatic rings. The van der Waals surface area contributed by atoms with Gasteiger partial charge in [-0.3, -0.25) is 15.1 Å². The molecule has 1 amide bonds. The zero-order valence-corrected chi connectivity index (χ0v) is 28.2. The zero-order chi connectivity index (χ0) is 36.3. The highest BCUT2D eigenvalue weighted by molar-refractivity contribution is 5.95. The lowest BCUT2D eigenvalue weighted by Crippen LogP contribution is -2.62. The van der Waals surface area contributed by atoms with Crippen molar-refractivity contribution >= 4 is 16.8 Å². The molecule has 0 spiro atoms. The van der Waals surface area contributed by atoms with Crippen LogP contribution in [0.25, 0.3) is 10.9 Å². The first-order valence-electron chi connectivity index (χ1n) is 16.0. The van der Waals surface area contributed by atoms with Crippen molar-refractivity contribution in [2.45, 2.75) is 50.6 Å². The Labute approximate surface area is 285 Å². The van der Waals surface area contributed by atoms with E-state index in [1.165, 1.54) is 4.90 Å². The van der Waals surface area contributed by atoms with Crippen molar-refractivity contribution < 1.29 is 50.2 Å². The fourth-order valence-corrected chi connectivity index (χ4v) is 6.42. The number of amides is 1. The van der Waals surface area contributed by atoms with E-state index in [9.17, 15) is 31.1 Å². The second-order valence-corrected chi connectivity index (χ2v) is 12.5. The number of hydrogen-bond donors (Lipinski definition) is 2. The number of aromatic nitrogens is 1. The third kappa shape index (κ3) is 8.54. The van der Waals surface area contributed by atoms with Crippen LogP contribution in [0.4, 0.5) is 26.3 Å². The van der Waals surface area contributed by atoms with Gasteiger partial charge >= 0.3 is 12.4 Å². The molecular weight excluding hydrogens is 672 g/mol. The molecule has 5 rings (SSSR count). The van der Waals surface area contributed by atoms with Crippen LogP contribution in [0.5, 0.6) is 0 Å². The van der Waals surface area contributed by atoms with Crippen LogP contribution in [0.2, 0.25) is 0 Å². The fraction of sp³-hybridized carbons (Fsp3) is 0.500. The first-order valence-corrected chi connectivity index (χ1v) is 16.0. The van der Waals surface area contributed by atoms with Crippen molar-refractivity contribution in [2.75, 3.05) is 60.2 Å². The summed E-state index contributed by atoms with van der Waals surface area (Å²) in [5, 5.41) is 0.901. The second-order valence-electron chi connectivity index (χ2n) is 12.5. The number of piperazine rings is 1. The van der Waals surface area contributed by atoms with Gasteiger partial charge in [0, 0.05) is 69.3 Å². The summed E-state index contributed by atoms with van der Waals surface area (Å²) in [5.74, 6) is -0.909. The van der Waals surface area contributed by atoms with Gasteiger partial charge in [-0.05, 0) is 50.1 Å². The average Bonchev–Trinajstić information content (AvgIpc) is 3.48. The van der Waals surface area contributed by atoms with Crippen LogP contribution in [-0.2, 0) is 37.8 Å². The lowest BCUT2D eigenvalue weighted by molar-refractivity contribution is -0.267. The number of hydroxylamine groups is 1. The van der Waals surface area contributed by atoms with Crippen LogP contribution >= 0.6 is 0 Å². The van der Waals surface area contributed by atoms with Crippen LogP contribution in [0.15, 0.2) is 60.6 Å². The van der Waals surface area contributed by atoms with Crippen molar-refractivity contribution in [1.29, 1.82) is 0 Å². The molecule has 3 heterocycles. The normalized spacial score (nSPS) is 22.7. The van der Waals surface area contributed by atoms with Crippen LogP contribution in [0, 0.1) is 0 Å². The lowest BCUT2D eigenvalue weighted by atomic mass is 9.99. The third-order valence-electron chi connectivity index (χ3n) is 9.08. The van der Waals surface area contributed by atoms with E-state index in [4.69, 9.17) is 19.0 Å².